The molecule has 2 atom stereocenters. The lowest BCUT2D eigenvalue weighted by Crippen LogP contribution is -2.39. The fraction of sp³-hybridized carbons (Fsp3) is 0.400. The number of carbonyl (C=O) groups excluding carboxylic acids is 1. The number of likely N-dealkylation sites (tertiary alicyclic amines) is 1. The standard InChI is InChI=1S/C30H32ClFN2O6/c1-38-25-7-3-5-20(30(25)39-2)29-21-16-19(31)17-22(32)28(21)34-12-4-6-23(34)24(40-29)8-9-26(35)33-13-10-18(11-14-33)15-27(36)37/h3-7,12,16-18,24,29H,8-11,13-15H2,1-2H3,(H,36,37)/t24-,29-/m1/s1. The number of carboxylic acids is 1. The van der Waals surface area contributed by atoms with E-state index in [2.05, 4.69) is 0 Å². The van der Waals surface area contributed by atoms with Crippen LogP contribution in [0.1, 0.15) is 61.1 Å². The summed E-state index contributed by atoms with van der Waals surface area (Å²) in [6.45, 7) is 1.08. The van der Waals surface area contributed by atoms with Gasteiger partial charge in [0.15, 0.2) is 11.5 Å². The maximum atomic E-state index is 15.6. The van der Waals surface area contributed by atoms with Gasteiger partial charge in [-0.2, -0.15) is 0 Å². The molecule has 1 N–H and O–H groups in total. The van der Waals surface area contributed by atoms with E-state index in [4.69, 9.17) is 30.9 Å². The SMILES string of the molecule is COc1cccc([C@H]2O[C@H](CCC(=O)N3CCC(CC(=O)O)CC3)c3cccn3-c3c(F)cc(Cl)cc32)c1OC. The molecule has 2 aromatic carbocycles. The maximum Gasteiger partial charge on any atom is 0.303 e. The van der Waals surface area contributed by atoms with Crippen molar-refractivity contribution >= 4 is 23.5 Å². The van der Waals surface area contributed by atoms with Crippen LogP contribution in [-0.2, 0) is 14.3 Å². The van der Waals surface area contributed by atoms with E-state index in [0.29, 0.717) is 60.7 Å². The van der Waals surface area contributed by atoms with Gasteiger partial charge in [-0.05, 0) is 55.5 Å². The first kappa shape index (κ1) is 28.0. The highest BCUT2D eigenvalue weighted by Gasteiger charge is 2.35. The normalized spacial score (nSPS) is 18.9. The van der Waals surface area contributed by atoms with Gasteiger partial charge in [-0.1, -0.05) is 23.7 Å². The number of amides is 1. The maximum absolute atomic E-state index is 15.6. The zero-order valence-electron chi connectivity index (χ0n) is 22.4. The number of piperidine rings is 1. The first-order valence-electron chi connectivity index (χ1n) is 13.3. The van der Waals surface area contributed by atoms with Crippen molar-refractivity contribution in [3.8, 4) is 17.2 Å². The second-order valence-corrected chi connectivity index (χ2v) is 10.6. The smallest absolute Gasteiger partial charge is 0.303 e. The number of ether oxygens (including phenoxy) is 3. The van der Waals surface area contributed by atoms with E-state index in [9.17, 15) is 9.59 Å². The Labute approximate surface area is 237 Å². The van der Waals surface area contributed by atoms with Gasteiger partial charge >= 0.3 is 5.97 Å². The van der Waals surface area contributed by atoms with Crippen molar-refractivity contribution in [2.24, 2.45) is 5.92 Å². The number of aromatic nitrogens is 1. The van der Waals surface area contributed by atoms with Gasteiger partial charge in [0.1, 0.15) is 11.9 Å². The lowest BCUT2D eigenvalue weighted by molar-refractivity contribution is -0.138. The summed E-state index contributed by atoms with van der Waals surface area (Å²) in [7, 11) is 3.08. The zero-order chi connectivity index (χ0) is 28.4. The number of halogens is 2. The summed E-state index contributed by atoms with van der Waals surface area (Å²) in [6, 6.07) is 12.1. The first-order valence-corrected chi connectivity index (χ1v) is 13.7. The molecule has 0 radical (unpaired) electrons. The van der Waals surface area contributed by atoms with E-state index in [1.807, 2.05) is 24.3 Å². The molecule has 0 saturated carbocycles. The number of hydrogen-bond acceptors (Lipinski definition) is 5. The van der Waals surface area contributed by atoms with Crippen LogP contribution >= 0.6 is 11.6 Å². The van der Waals surface area contributed by atoms with Gasteiger partial charge < -0.3 is 28.8 Å². The van der Waals surface area contributed by atoms with Crippen molar-refractivity contribution in [1.29, 1.82) is 0 Å². The Bertz CT molecular complexity index is 1400. The number of fused-ring (bicyclic) bond motifs is 3. The van der Waals surface area contributed by atoms with Crippen molar-refractivity contribution < 1.29 is 33.3 Å². The van der Waals surface area contributed by atoms with Crippen molar-refractivity contribution in [3.63, 3.8) is 0 Å². The molecule has 212 valence electrons. The van der Waals surface area contributed by atoms with Gasteiger partial charge in [-0.15, -0.1) is 0 Å². The predicted octanol–water partition coefficient (Wildman–Crippen LogP) is 5.94. The summed E-state index contributed by atoms with van der Waals surface area (Å²) >= 11 is 6.34. The van der Waals surface area contributed by atoms with Crippen LogP contribution < -0.4 is 9.47 Å². The summed E-state index contributed by atoms with van der Waals surface area (Å²) in [4.78, 5) is 26.0. The molecule has 10 heteroatoms. The van der Waals surface area contributed by atoms with Gasteiger partial charge in [-0.3, -0.25) is 9.59 Å². The summed E-state index contributed by atoms with van der Waals surface area (Å²) < 4.78 is 35.3. The molecule has 1 amide bonds. The summed E-state index contributed by atoms with van der Waals surface area (Å²) in [5.74, 6) is -0.243. The number of carbonyl (C=O) groups is 2. The fourth-order valence-corrected chi connectivity index (χ4v) is 6.04. The van der Waals surface area contributed by atoms with E-state index >= 15 is 4.39 Å². The van der Waals surface area contributed by atoms with Crippen molar-refractivity contribution in [2.45, 2.75) is 44.3 Å². The van der Waals surface area contributed by atoms with Gasteiger partial charge in [0.2, 0.25) is 5.91 Å². The number of hydrogen-bond donors (Lipinski definition) is 1. The van der Waals surface area contributed by atoms with Crippen LogP contribution in [0.4, 0.5) is 4.39 Å². The summed E-state index contributed by atoms with van der Waals surface area (Å²) in [5.41, 5.74) is 2.23. The molecule has 3 aromatic rings. The van der Waals surface area contributed by atoms with E-state index in [0.717, 1.165) is 5.69 Å². The van der Waals surface area contributed by atoms with E-state index in [1.165, 1.54) is 13.2 Å². The molecule has 5 rings (SSSR count). The molecule has 0 spiro atoms. The quantitative estimate of drug-likeness (QED) is 0.360. The van der Waals surface area contributed by atoms with E-state index in [1.54, 1.807) is 34.9 Å². The lowest BCUT2D eigenvalue weighted by Gasteiger charge is -2.32. The number of carboxylic acid groups (broad SMARTS) is 1. The molecule has 2 aliphatic heterocycles. The molecule has 40 heavy (non-hydrogen) atoms. The second kappa shape index (κ2) is 11.9. The van der Waals surface area contributed by atoms with Crippen LogP contribution in [-0.4, -0.2) is 53.8 Å². The third-order valence-corrected chi connectivity index (χ3v) is 7.98. The van der Waals surface area contributed by atoms with Gasteiger partial charge in [0.05, 0.1) is 31.7 Å². The largest absolute Gasteiger partial charge is 0.493 e. The minimum atomic E-state index is -0.806. The highest BCUT2D eigenvalue weighted by Crippen LogP contribution is 2.47. The molecule has 2 aliphatic rings. The Morgan fingerprint density at radius 2 is 1.88 bits per heavy atom. The molecule has 8 nitrogen and oxygen atoms in total. The average Bonchev–Trinajstić information content (AvgIpc) is 3.36. The molecule has 1 fully saturated rings. The molecule has 0 aliphatic carbocycles. The van der Waals surface area contributed by atoms with Crippen LogP contribution in [0.15, 0.2) is 48.7 Å². The number of nitrogens with zero attached hydrogens (tertiary/aromatic N) is 2. The lowest BCUT2D eigenvalue weighted by atomic mass is 9.93. The first-order chi connectivity index (χ1) is 19.3. The van der Waals surface area contributed by atoms with Crippen LogP contribution in [0, 0.1) is 11.7 Å². The van der Waals surface area contributed by atoms with Crippen molar-refractivity contribution in [2.75, 3.05) is 27.3 Å². The molecule has 0 unspecified atom stereocenters. The molecule has 1 saturated heterocycles. The summed E-state index contributed by atoms with van der Waals surface area (Å²) in [6.07, 6.45) is 2.54. The number of methoxy groups -OCH3 is 2. The average molecular weight is 571 g/mol. The van der Waals surface area contributed by atoms with Crippen LogP contribution in [0.3, 0.4) is 0 Å². The Morgan fingerprint density at radius 1 is 1.10 bits per heavy atom. The van der Waals surface area contributed by atoms with Crippen LogP contribution in [0.5, 0.6) is 11.5 Å². The second-order valence-electron chi connectivity index (χ2n) is 10.2. The van der Waals surface area contributed by atoms with E-state index in [-0.39, 0.29) is 29.7 Å². The number of aliphatic carboxylic acids is 1. The third kappa shape index (κ3) is 5.53. The Morgan fingerprint density at radius 3 is 2.58 bits per heavy atom. The van der Waals surface area contributed by atoms with Gasteiger partial charge in [0.25, 0.3) is 0 Å². The number of para-hydroxylation sites is 1. The summed E-state index contributed by atoms with van der Waals surface area (Å²) in [5, 5.41) is 9.31. The van der Waals surface area contributed by atoms with Gasteiger partial charge in [-0.25, -0.2) is 4.39 Å². The topological polar surface area (TPSA) is 90.2 Å². The molecule has 1 aromatic heterocycles. The van der Waals surface area contributed by atoms with Gasteiger partial charge in [0, 0.05) is 48.3 Å². The Hall–Kier alpha value is -3.56. The molecule has 0 bridgehead atoms. The van der Waals surface area contributed by atoms with E-state index < -0.39 is 24.0 Å². The minimum Gasteiger partial charge on any atom is -0.493 e. The van der Waals surface area contributed by atoms with Crippen LogP contribution in [0.25, 0.3) is 5.69 Å². The van der Waals surface area contributed by atoms with Crippen molar-refractivity contribution in [3.05, 3.63) is 76.3 Å². The predicted molar refractivity (Wildman–Crippen MR) is 147 cm³/mol. The fourth-order valence-electron chi connectivity index (χ4n) is 5.83. The number of rotatable bonds is 8. The highest BCUT2D eigenvalue weighted by molar-refractivity contribution is 6.30. The Kier molecular flexibility index (Phi) is 8.32. The third-order valence-electron chi connectivity index (χ3n) is 7.76. The molecular formula is C30H32ClFN2O6. The number of benzene rings is 2. The highest BCUT2D eigenvalue weighted by atomic mass is 35.5. The Balaban J connectivity index is 1.46. The molecule has 3 heterocycles. The zero-order valence-corrected chi connectivity index (χ0v) is 23.2. The van der Waals surface area contributed by atoms with Crippen LogP contribution in [0.2, 0.25) is 5.02 Å². The van der Waals surface area contributed by atoms with Crippen molar-refractivity contribution in [1.82, 2.24) is 9.47 Å². The molecular weight excluding hydrogens is 539 g/mol. The monoisotopic (exact) mass is 570 g/mol. The minimum absolute atomic E-state index is 0.0121.